The second-order valence-electron chi connectivity index (χ2n) is 4.57. The number of nitrogens with zero attached hydrogens (tertiary/aromatic N) is 2. The number of aromatic nitrogens is 2. The first-order valence-corrected chi connectivity index (χ1v) is 6.82. The van der Waals surface area contributed by atoms with Crippen molar-refractivity contribution < 1.29 is 14.3 Å². The standard InChI is InChI=1S/C15H20N2O3/c1-4-20-15(18)6-5-9-17-11(2)16-13-10-12(19-3)7-8-14(13)17/h7-8,10H,4-6,9H2,1-3H3. The summed E-state index contributed by atoms with van der Waals surface area (Å²) in [5.41, 5.74) is 1.98. The summed E-state index contributed by atoms with van der Waals surface area (Å²) in [5.74, 6) is 1.60. The van der Waals surface area contributed by atoms with Crippen molar-refractivity contribution in [1.29, 1.82) is 0 Å². The highest BCUT2D eigenvalue weighted by molar-refractivity contribution is 5.77. The largest absolute Gasteiger partial charge is 0.497 e. The maximum atomic E-state index is 11.3. The molecule has 1 aromatic carbocycles. The zero-order valence-corrected chi connectivity index (χ0v) is 12.2. The lowest BCUT2D eigenvalue weighted by Crippen LogP contribution is -2.07. The van der Waals surface area contributed by atoms with Crippen molar-refractivity contribution in [2.45, 2.75) is 33.2 Å². The molecule has 0 atom stereocenters. The molecule has 5 heteroatoms. The number of rotatable bonds is 6. The van der Waals surface area contributed by atoms with Crippen molar-refractivity contribution >= 4 is 17.0 Å². The molecule has 108 valence electrons. The van der Waals surface area contributed by atoms with Gasteiger partial charge < -0.3 is 14.0 Å². The molecular weight excluding hydrogens is 256 g/mol. The molecule has 0 saturated carbocycles. The Kier molecular flexibility index (Phi) is 4.61. The van der Waals surface area contributed by atoms with Crippen LogP contribution in [0.5, 0.6) is 5.75 Å². The minimum Gasteiger partial charge on any atom is -0.497 e. The number of imidazole rings is 1. The number of ether oxygens (including phenoxy) is 2. The highest BCUT2D eigenvalue weighted by Crippen LogP contribution is 2.22. The van der Waals surface area contributed by atoms with Crippen LogP contribution in [-0.2, 0) is 16.1 Å². The molecule has 0 aliphatic rings. The Morgan fingerprint density at radius 1 is 1.40 bits per heavy atom. The third kappa shape index (κ3) is 3.10. The molecule has 20 heavy (non-hydrogen) atoms. The second kappa shape index (κ2) is 6.41. The van der Waals surface area contributed by atoms with E-state index in [1.807, 2.05) is 32.0 Å². The molecule has 0 aliphatic heterocycles. The molecular formula is C15H20N2O3. The summed E-state index contributed by atoms with van der Waals surface area (Å²) in [4.78, 5) is 15.9. The maximum Gasteiger partial charge on any atom is 0.305 e. The van der Waals surface area contributed by atoms with Crippen LogP contribution >= 0.6 is 0 Å². The lowest BCUT2D eigenvalue weighted by atomic mass is 10.2. The van der Waals surface area contributed by atoms with Crippen molar-refractivity contribution in [2.75, 3.05) is 13.7 Å². The van der Waals surface area contributed by atoms with Crippen molar-refractivity contribution in [3.05, 3.63) is 24.0 Å². The van der Waals surface area contributed by atoms with Crippen LogP contribution in [0.2, 0.25) is 0 Å². The molecule has 1 heterocycles. The molecule has 1 aromatic heterocycles. The Morgan fingerprint density at radius 3 is 2.90 bits per heavy atom. The van der Waals surface area contributed by atoms with E-state index < -0.39 is 0 Å². The first-order chi connectivity index (χ1) is 9.65. The predicted molar refractivity (Wildman–Crippen MR) is 76.9 cm³/mol. The third-order valence-corrected chi connectivity index (χ3v) is 3.21. The predicted octanol–water partition coefficient (Wildman–Crippen LogP) is 2.70. The van der Waals surface area contributed by atoms with E-state index in [9.17, 15) is 4.79 Å². The fourth-order valence-corrected chi connectivity index (χ4v) is 2.25. The number of carbonyl (C=O) groups excluding carboxylic acids is 1. The Morgan fingerprint density at radius 2 is 2.20 bits per heavy atom. The highest BCUT2D eigenvalue weighted by atomic mass is 16.5. The van der Waals surface area contributed by atoms with Crippen molar-refractivity contribution in [3.8, 4) is 5.75 Å². The summed E-state index contributed by atoms with van der Waals surface area (Å²) in [6.07, 6.45) is 1.18. The Hall–Kier alpha value is -2.04. The fourth-order valence-electron chi connectivity index (χ4n) is 2.25. The average Bonchev–Trinajstić information content (AvgIpc) is 2.74. The minimum atomic E-state index is -0.142. The number of aryl methyl sites for hydroxylation is 2. The summed E-state index contributed by atoms with van der Waals surface area (Å²) >= 11 is 0. The van der Waals surface area contributed by atoms with Crippen molar-refractivity contribution in [3.63, 3.8) is 0 Å². The van der Waals surface area contributed by atoms with Gasteiger partial charge in [0.15, 0.2) is 0 Å². The molecule has 0 amide bonds. The molecule has 0 fully saturated rings. The Bertz CT molecular complexity index is 604. The zero-order valence-electron chi connectivity index (χ0n) is 12.2. The molecule has 2 rings (SSSR count). The SMILES string of the molecule is CCOC(=O)CCCn1c(C)nc2cc(OC)ccc21. The quantitative estimate of drug-likeness (QED) is 0.761. The zero-order chi connectivity index (χ0) is 14.5. The van der Waals surface area contributed by atoms with E-state index in [1.54, 1.807) is 7.11 Å². The summed E-state index contributed by atoms with van der Waals surface area (Å²) in [5, 5.41) is 0. The molecule has 0 unspecified atom stereocenters. The van der Waals surface area contributed by atoms with E-state index >= 15 is 0 Å². The molecule has 0 saturated heterocycles. The highest BCUT2D eigenvalue weighted by Gasteiger charge is 2.09. The lowest BCUT2D eigenvalue weighted by Gasteiger charge is -2.07. The van der Waals surface area contributed by atoms with E-state index in [0.29, 0.717) is 13.0 Å². The number of hydrogen-bond acceptors (Lipinski definition) is 4. The summed E-state index contributed by atoms with van der Waals surface area (Å²) in [7, 11) is 1.64. The summed E-state index contributed by atoms with van der Waals surface area (Å²) in [6, 6.07) is 5.84. The van der Waals surface area contributed by atoms with E-state index in [0.717, 1.165) is 35.6 Å². The first-order valence-electron chi connectivity index (χ1n) is 6.82. The molecule has 5 nitrogen and oxygen atoms in total. The third-order valence-electron chi connectivity index (χ3n) is 3.21. The molecule has 0 N–H and O–H groups in total. The van der Waals surface area contributed by atoms with Gasteiger partial charge in [0.25, 0.3) is 0 Å². The minimum absolute atomic E-state index is 0.142. The topological polar surface area (TPSA) is 53.4 Å². The summed E-state index contributed by atoms with van der Waals surface area (Å²) < 4.78 is 12.2. The maximum absolute atomic E-state index is 11.3. The molecule has 0 aliphatic carbocycles. The molecule has 2 aromatic rings. The monoisotopic (exact) mass is 276 g/mol. The van der Waals surface area contributed by atoms with Crippen molar-refractivity contribution in [2.24, 2.45) is 0 Å². The van der Waals surface area contributed by atoms with Gasteiger partial charge in [0.05, 0.1) is 24.8 Å². The number of methoxy groups -OCH3 is 1. The number of carbonyl (C=O) groups is 1. The number of fused-ring (bicyclic) bond motifs is 1. The van der Waals surface area contributed by atoms with Gasteiger partial charge in [-0.25, -0.2) is 4.98 Å². The van der Waals surface area contributed by atoms with Crippen LogP contribution in [-0.4, -0.2) is 29.2 Å². The Labute approximate surface area is 118 Å². The first kappa shape index (κ1) is 14.4. The molecule has 0 spiro atoms. The van der Waals surface area contributed by atoms with Crippen LogP contribution in [0.3, 0.4) is 0 Å². The number of benzene rings is 1. The Balaban J connectivity index is 2.10. The van der Waals surface area contributed by atoms with Gasteiger partial charge in [0.1, 0.15) is 11.6 Å². The van der Waals surface area contributed by atoms with Crippen LogP contribution in [0.4, 0.5) is 0 Å². The van der Waals surface area contributed by atoms with Gasteiger partial charge in [-0.05, 0) is 32.4 Å². The summed E-state index contributed by atoms with van der Waals surface area (Å²) in [6.45, 7) is 4.98. The van der Waals surface area contributed by atoms with Gasteiger partial charge in [0.2, 0.25) is 0 Å². The van der Waals surface area contributed by atoms with E-state index in [4.69, 9.17) is 9.47 Å². The average molecular weight is 276 g/mol. The van der Waals surface area contributed by atoms with Gasteiger partial charge in [-0.3, -0.25) is 4.79 Å². The van der Waals surface area contributed by atoms with Crippen LogP contribution in [0.15, 0.2) is 18.2 Å². The van der Waals surface area contributed by atoms with Crippen LogP contribution in [0.1, 0.15) is 25.6 Å². The fraction of sp³-hybridized carbons (Fsp3) is 0.467. The van der Waals surface area contributed by atoms with Gasteiger partial charge in [-0.15, -0.1) is 0 Å². The van der Waals surface area contributed by atoms with Crippen molar-refractivity contribution in [1.82, 2.24) is 9.55 Å². The van der Waals surface area contributed by atoms with Gasteiger partial charge >= 0.3 is 5.97 Å². The second-order valence-corrected chi connectivity index (χ2v) is 4.57. The molecule has 0 bridgehead atoms. The van der Waals surface area contributed by atoms with E-state index in [1.165, 1.54) is 0 Å². The molecule has 0 radical (unpaired) electrons. The van der Waals surface area contributed by atoms with Crippen LogP contribution in [0, 0.1) is 6.92 Å². The number of esters is 1. The lowest BCUT2D eigenvalue weighted by molar-refractivity contribution is -0.143. The van der Waals surface area contributed by atoms with E-state index in [-0.39, 0.29) is 5.97 Å². The van der Waals surface area contributed by atoms with Gasteiger partial charge in [-0.2, -0.15) is 0 Å². The van der Waals surface area contributed by atoms with Crippen LogP contribution in [0.25, 0.3) is 11.0 Å². The van der Waals surface area contributed by atoms with E-state index in [2.05, 4.69) is 9.55 Å². The van der Waals surface area contributed by atoms with Crippen LogP contribution < -0.4 is 4.74 Å². The number of hydrogen-bond donors (Lipinski definition) is 0. The smallest absolute Gasteiger partial charge is 0.305 e. The van der Waals surface area contributed by atoms with Gasteiger partial charge in [-0.1, -0.05) is 0 Å². The van der Waals surface area contributed by atoms with Gasteiger partial charge in [0, 0.05) is 19.0 Å². The normalized spacial score (nSPS) is 10.8.